The predicted molar refractivity (Wildman–Crippen MR) is 115 cm³/mol. The Hall–Kier alpha value is -2.12. The van der Waals surface area contributed by atoms with Crippen molar-refractivity contribution in [1.82, 2.24) is 9.88 Å². The van der Waals surface area contributed by atoms with Crippen LogP contribution < -0.4 is 14.8 Å². The van der Waals surface area contributed by atoms with Crippen LogP contribution in [0.2, 0.25) is 0 Å². The quantitative estimate of drug-likeness (QED) is 0.769. The van der Waals surface area contributed by atoms with Gasteiger partial charge in [0.2, 0.25) is 5.91 Å². The Kier molecular flexibility index (Phi) is 6.67. The van der Waals surface area contributed by atoms with E-state index in [1.807, 2.05) is 18.2 Å². The van der Waals surface area contributed by atoms with E-state index < -0.39 is 0 Å². The molecule has 0 radical (unpaired) electrons. The minimum atomic E-state index is -0.00962. The maximum Gasteiger partial charge on any atom is 0.226 e. The Morgan fingerprint density at radius 3 is 3.00 bits per heavy atom. The molecule has 3 heterocycles. The number of nitrogens with one attached hydrogen (secondary N) is 1. The molecule has 4 rings (SSSR count). The second kappa shape index (κ2) is 9.59. The van der Waals surface area contributed by atoms with Gasteiger partial charge < -0.3 is 14.8 Å². The van der Waals surface area contributed by atoms with Gasteiger partial charge in [-0.2, -0.15) is 0 Å². The molecule has 29 heavy (non-hydrogen) atoms. The maximum absolute atomic E-state index is 12.4. The fourth-order valence-electron chi connectivity index (χ4n) is 3.90. The summed E-state index contributed by atoms with van der Waals surface area (Å²) in [7, 11) is 0. The number of carbonyl (C=O) groups excluding carboxylic acids is 1. The SMILES string of the molecule is CC1CCCN(Cc2csc(NC(=O)CCc3ccc4c(c3)OCCCO4)n2)C1. The third-order valence-corrected chi connectivity index (χ3v) is 6.18. The van der Waals surface area contributed by atoms with Gasteiger partial charge in [-0.3, -0.25) is 9.69 Å². The number of amides is 1. The number of nitrogens with zero attached hydrogens (tertiary/aromatic N) is 2. The van der Waals surface area contributed by atoms with E-state index in [4.69, 9.17) is 9.47 Å². The van der Waals surface area contributed by atoms with Crippen LogP contribution >= 0.6 is 11.3 Å². The molecule has 0 spiro atoms. The summed E-state index contributed by atoms with van der Waals surface area (Å²) in [6.07, 6.45) is 4.54. The average Bonchev–Trinajstić information content (AvgIpc) is 3.00. The lowest BCUT2D eigenvalue weighted by molar-refractivity contribution is -0.116. The number of carbonyl (C=O) groups is 1. The molecule has 1 N–H and O–H groups in total. The van der Waals surface area contributed by atoms with E-state index >= 15 is 0 Å². The van der Waals surface area contributed by atoms with Crippen molar-refractivity contribution in [2.45, 2.75) is 45.6 Å². The van der Waals surface area contributed by atoms with Crippen molar-refractivity contribution >= 4 is 22.4 Å². The summed E-state index contributed by atoms with van der Waals surface area (Å²) in [5.41, 5.74) is 2.12. The van der Waals surface area contributed by atoms with Crippen LogP contribution in [0, 0.1) is 5.92 Å². The summed E-state index contributed by atoms with van der Waals surface area (Å²) >= 11 is 1.50. The molecule has 2 aliphatic heterocycles. The highest BCUT2D eigenvalue weighted by molar-refractivity contribution is 7.13. The molecule has 2 aliphatic rings. The summed E-state index contributed by atoms with van der Waals surface area (Å²) in [5, 5.41) is 5.69. The molecule has 1 amide bonds. The minimum absolute atomic E-state index is 0.00962. The first kappa shape index (κ1) is 20.2. The topological polar surface area (TPSA) is 63.7 Å². The molecule has 7 heteroatoms. The summed E-state index contributed by atoms with van der Waals surface area (Å²) in [4.78, 5) is 19.4. The van der Waals surface area contributed by atoms with Crippen molar-refractivity contribution in [3.05, 3.63) is 34.8 Å². The van der Waals surface area contributed by atoms with Crippen LogP contribution in [0.3, 0.4) is 0 Å². The molecular weight excluding hydrogens is 386 g/mol. The molecule has 0 bridgehead atoms. The number of fused-ring (bicyclic) bond motifs is 1. The lowest BCUT2D eigenvalue weighted by Crippen LogP contribution is -2.33. The first-order chi connectivity index (χ1) is 14.2. The number of piperidine rings is 1. The van der Waals surface area contributed by atoms with Crippen molar-refractivity contribution in [3.8, 4) is 11.5 Å². The number of thiazole rings is 1. The van der Waals surface area contributed by atoms with Gasteiger partial charge in [-0.1, -0.05) is 13.0 Å². The second-order valence-electron chi connectivity index (χ2n) is 8.01. The highest BCUT2D eigenvalue weighted by atomic mass is 32.1. The van der Waals surface area contributed by atoms with E-state index in [0.717, 1.165) is 54.7 Å². The summed E-state index contributed by atoms with van der Waals surface area (Å²) in [6.45, 7) is 6.80. The molecule has 1 saturated heterocycles. The number of rotatable bonds is 6. The van der Waals surface area contributed by atoms with Gasteiger partial charge in [0, 0.05) is 31.3 Å². The van der Waals surface area contributed by atoms with E-state index in [0.29, 0.717) is 31.2 Å². The molecule has 1 fully saturated rings. The molecule has 156 valence electrons. The number of likely N-dealkylation sites (tertiary alicyclic amines) is 1. The van der Waals surface area contributed by atoms with Gasteiger partial charge in [0.25, 0.3) is 0 Å². The van der Waals surface area contributed by atoms with Crippen LogP contribution in [0.25, 0.3) is 0 Å². The fourth-order valence-corrected chi connectivity index (χ4v) is 4.62. The largest absolute Gasteiger partial charge is 0.490 e. The number of ether oxygens (including phenoxy) is 2. The number of hydrogen-bond donors (Lipinski definition) is 1. The zero-order valence-electron chi connectivity index (χ0n) is 17.0. The molecular formula is C22H29N3O3S. The van der Waals surface area contributed by atoms with Crippen molar-refractivity contribution < 1.29 is 14.3 Å². The van der Waals surface area contributed by atoms with Crippen molar-refractivity contribution in [1.29, 1.82) is 0 Å². The number of aromatic nitrogens is 1. The smallest absolute Gasteiger partial charge is 0.226 e. The van der Waals surface area contributed by atoms with E-state index in [2.05, 4.69) is 27.5 Å². The number of benzene rings is 1. The van der Waals surface area contributed by atoms with E-state index in [9.17, 15) is 4.79 Å². The van der Waals surface area contributed by atoms with Crippen molar-refractivity contribution in [3.63, 3.8) is 0 Å². The van der Waals surface area contributed by atoms with Crippen molar-refractivity contribution in [2.75, 3.05) is 31.6 Å². The highest BCUT2D eigenvalue weighted by Gasteiger charge is 2.18. The molecule has 1 aromatic heterocycles. The third kappa shape index (κ3) is 5.70. The third-order valence-electron chi connectivity index (χ3n) is 5.38. The Morgan fingerprint density at radius 2 is 2.14 bits per heavy atom. The first-order valence-electron chi connectivity index (χ1n) is 10.5. The number of anilines is 1. The molecule has 6 nitrogen and oxygen atoms in total. The summed E-state index contributed by atoms with van der Waals surface area (Å²) in [5.74, 6) is 2.31. The lowest BCUT2D eigenvalue weighted by Gasteiger charge is -2.30. The van der Waals surface area contributed by atoms with Crippen LogP contribution in [-0.4, -0.2) is 42.1 Å². The molecule has 0 aliphatic carbocycles. The normalized spacial score (nSPS) is 19.6. The molecule has 1 atom stereocenters. The van der Waals surface area contributed by atoms with Gasteiger partial charge in [-0.05, 0) is 49.4 Å². The van der Waals surface area contributed by atoms with Gasteiger partial charge in [0.05, 0.1) is 18.9 Å². The van der Waals surface area contributed by atoms with Gasteiger partial charge in [0.15, 0.2) is 16.6 Å². The summed E-state index contributed by atoms with van der Waals surface area (Å²) < 4.78 is 11.4. The first-order valence-corrected chi connectivity index (χ1v) is 11.4. The van der Waals surface area contributed by atoms with E-state index in [1.165, 1.54) is 24.2 Å². The highest BCUT2D eigenvalue weighted by Crippen LogP contribution is 2.30. The monoisotopic (exact) mass is 415 g/mol. The predicted octanol–water partition coefficient (Wildman–Crippen LogP) is 4.11. The Balaban J connectivity index is 1.26. The van der Waals surface area contributed by atoms with E-state index in [1.54, 1.807) is 0 Å². The molecule has 2 aromatic rings. The van der Waals surface area contributed by atoms with Crippen LogP contribution in [-0.2, 0) is 17.8 Å². The average molecular weight is 416 g/mol. The number of hydrogen-bond acceptors (Lipinski definition) is 6. The zero-order valence-corrected chi connectivity index (χ0v) is 17.8. The standard InChI is InChI=1S/C22H29N3O3S/c1-16-4-2-9-25(13-16)14-18-15-29-22(23-18)24-21(26)8-6-17-5-7-19-20(12-17)28-11-3-10-27-19/h5,7,12,15-16H,2-4,6,8-11,13-14H2,1H3,(H,23,24,26). The maximum atomic E-state index is 12.4. The Bertz CT molecular complexity index is 838. The van der Waals surface area contributed by atoms with Crippen LogP contribution in [0.15, 0.2) is 23.6 Å². The lowest BCUT2D eigenvalue weighted by atomic mass is 10.0. The van der Waals surface area contributed by atoms with Crippen LogP contribution in [0.1, 0.15) is 43.9 Å². The second-order valence-corrected chi connectivity index (χ2v) is 8.86. The van der Waals surface area contributed by atoms with Gasteiger partial charge in [0.1, 0.15) is 0 Å². The van der Waals surface area contributed by atoms with E-state index in [-0.39, 0.29) is 5.91 Å². The Labute approximate surface area is 176 Å². The van der Waals surface area contributed by atoms with Crippen LogP contribution in [0.4, 0.5) is 5.13 Å². The Morgan fingerprint density at radius 1 is 1.28 bits per heavy atom. The minimum Gasteiger partial charge on any atom is -0.490 e. The van der Waals surface area contributed by atoms with Crippen molar-refractivity contribution in [2.24, 2.45) is 5.92 Å². The van der Waals surface area contributed by atoms with Gasteiger partial charge >= 0.3 is 0 Å². The van der Waals surface area contributed by atoms with Crippen LogP contribution in [0.5, 0.6) is 11.5 Å². The number of aryl methyl sites for hydroxylation is 1. The summed E-state index contributed by atoms with van der Waals surface area (Å²) in [6, 6.07) is 5.92. The fraction of sp³-hybridized carbons (Fsp3) is 0.545. The molecule has 0 saturated carbocycles. The zero-order chi connectivity index (χ0) is 20.1. The molecule has 1 unspecified atom stereocenters. The molecule has 1 aromatic carbocycles. The van der Waals surface area contributed by atoms with Gasteiger partial charge in [-0.25, -0.2) is 4.98 Å². The van der Waals surface area contributed by atoms with Gasteiger partial charge in [-0.15, -0.1) is 11.3 Å².